The Morgan fingerprint density at radius 3 is 2.58 bits per heavy atom. The van der Waals surface area contributed by atoms with Crippen LogP contribution < -0.4 is 10.1 Å². The van der Waals surface area contributed by atoms with Crippen molar-refractivity contribution in [2.75, 3.05) is 0 Å². The van der Waals surface area contributed by atoms with E-state index >= 15 is 0 Å². The molecule has 5 nitrogen and oxygen atoms in total. The van der Waals surface area contributed by atoms with Gasteiger partial charge in [0.05, 0.1) is 4.90 Å². The molecule has 2 aromatic rings. The molecule has 2 aromatic carbocycles. The minimum absolute atomic E-state index is 0.141. The van der Waals surface area contributed by atoms with Gasteiger partial charge in [-0.1, -0.05) is 29.3 Å². The average Bonchev–Trinajstić information content (AvgIpc) is 2.55. The van der Waals surface area contributed by atoms with Crippen molar-refractivity contribution in [1.29, 1.82) is 0 Å². The first-order valence-electron chi connectivity index (χ1n) is 8.31. The van der Waals surface area contributed by atoms with E-state index < -0.39 is 32.6 Å². The van der Waals surface area contributed by atoms with Crippen LogP contribution in [-0.2, 0) is 14.6 Å². The maximum atomic E-state index is 13.3. The lowest BCUT2D eigenvalue weighted by atomic mass is 9.81. The van der Waals surface area contributed by atoms with Gasteiger partial charge in [-0.05, 0) is 44.2 Å². The summed E-state index contributed by atoms with van der Waals surface area (Å²) in [5.41, 5.74) is 0.681. The summed E-state index contributed by atoms with van der Waals surface area (Å²) in [6, 6.07) is 11.6. The number of aryl methyl sites for hydroxylation is 1. The molecular weight excluding hydrogens is 374 g/mol. The molecule has 0 radical (unpaired) electrons. The topological polar surface area (TPSA) is 72.5 Å². The number of piperidine rings is 1. The van der Waals surface area contributed by atoms with Gasteiger partial charge in [0.2, 0.25) is 5.91 Å². The Kier molecular flexibility index (Phi) is 3.82. The van der Waals surface area contributed by atoms with Crippen molar-refractivity contribution >= 4 is 27.3 Å². The average molecular weight is 392 g/mol. The Labute approximate surface area is 157 Å². The molecule has 0 spiro atoms. The minimum atomic E-state index is -3.87. The number of hydrogen-bond acceptors (Lipinski definition) is 4. The smallest absolute Gasteiger partial charge is 0.242 e. The molecule has 2 bridgehead atoms. The van der Waals surface area contributed by atoms with Crippen LogP contribution in [0.25, 0.3) is 0 Å². The van der Waals surface area contributed by atoms with Gasteiger partial charge >= 0.3 is 0 Å². The second-order valence-electron chi connectivity index (χ2n) is 7.09. The third-order valence-corrected chi connectivity index (χ3v) is 7.39. The molecule has 1 amide bonds. The molecule has 3 atom stereocenters. The Morgan fingerprint density at radius 1 is 1.19 bits per heavy atom. The lowest BCUT2D eigenvalue weighted by Crippen LogP contribution is -2.63. The maximum absolute atomic E-state index is 13.3. The summed E-state index contributed by atoms with van der Waals surface area (Å²) in [6.45, 7) is 3.63. The lowest BCUT2D eigenvalue weighted by molar-refractivity contribution is -0.132. The monoisotopic (exact) mass is 391 g/mol. The number of rotatable bonds is 2. The molecule has 0 unspecified atom stereocenters. The van der Waals surface area contributed by atoms with Crippen LogP contribution in [0.4, 0.5) is 0 Å². The van der Waals surface area contributed by atoms with Gasteiger partial charge in [0.1, 0.15) is 5.75 Å². The van der Waals surface area contributed by atoms with E-state index in [1.807, 2.05) is 6.92 Å². The molecule has 1 saturated heterocycles. The molecule has 7 heteroatoms. The first-order valence-corrected chi connectivity index (χ1v) is 10.2. The number of nitrogens with one attached hydrogen (secondary N) is 1. The summed E-state index contributed by atoms with van der Waals surface area (Å²) in [5, 5.41) is 2.00. The minimum Gasteiger partial charge on any atom is -0.468 e. The van der Waals surface area contributed by atoms with Crippen molar-refractivity contribution in [3.8, 4) is 5.75 Å². The normalized spacial score (nSPS) is 27.3. The Morgan fingerprint density at radius 2 is 1.88 bits per heavy atom. The van der Waals surface area contributed by atoms with Gasteiger partial charge in [0.15, 0.2) is 20.8 Å². The van der Waals surface area contributed by atoms with Crippen molar-refractivity contribution in [2.24, 2.45) is 0 Å². The van der Waals surface area contributed by atoms with Crippen LogP contribution in [0.15, 0.2) is 47.4 Å². The molecule has 2 aliphatic heterocycles. The number of hydrogen-bond donors (Lipinski definition) is 1. The van der Waals surface area contributed by atoms with Crippen molar-refractivity contribution in [1.82, 2.24) is 5.32 Å². The molecule has 0 aromatic heterocycles. The Hall–Kier alpha value is -2.05. The van der Waals surface area contributed by atoms with E-state index in [1.165, 1.54) is 0 Å². The molecule has 136 valence electrons. The number of ether oxygens (including phenoxy) is 1. The fraction of sp³-hybridized carbons (Fsp3) is 0.316. The predicted molar refractivity (Wildman–Crippen MR) is 98.1 cm³/mol. The zero-order valence-corrected chi connectivity index (χ0v) is 15.9. The van der Waals surface area contributed by atoms with Crippen molar-refractivity contribution < 1.29 is 17.9 Å². The number of carbonyl (C=O) groups excluding carboxylic acids is 1. The quantitative estimate of drug-likeness (QED) is 0.853. The highest BCUT2D eigenvalue weighted by Gasteiger charge is 2.54. The number of fused-ring (bicyclic) bond motifs is 4. The van der Waals surface area contributed by atoms with Gasteiger partial charge in [-0.25, -0.2) is 8.42 Å². The SMILES string of the molecule is Cc1ccc(S(=O)(=O)[C@@H]2C(=O)N[C@]3(C)C[C@@H]2c2cc(Cl)ccc2O3)cc1. The highest BCUT2D eigenvalue weighted by atomic mass is 35.5. The third-order valence-electron chi connectivity index (χ3n) is 5.01. The first kappa shape index (κ1) is 17.4. The zero-order valence-electron chi connectivity index (χ0n) is 14.3. The van der Waals surface area contributed by atoms with Crippen LogP contribution in [0.3, 0.4) is 0 Å². The van der Waals surface area contributed by atoms with Gasteiger partial charge in [0.25, 0.3) is 0 Å². The van der Waals surface area contributed by atoms with Crippen molar-refractivity contribution in [3.63, 3.8) is 0 Å². The summed E-state index contributed by atoms with van der Waals surface area (Å²) in [7, 11) is -3.87. The van der Waals surface area contributed by atoms with E-state index in [2.05, 4.69) is 5.32 Å². The van der Waals surface area contributed by atoms with Gasteiger partial charge in [-0.2, -0.15) is 0 Å². The molecule has 2 aliphatic rings. The van der Waals surface area contributed by atoms with Gasteiger partial charge < -0.3 is 10.1 Å². The molecular formula is C19H18ClNO4S. The Balaban J connectivity index is 1.86. The van der Waals surface area contributed by atoms with E-state index in [0.717, 1.165) is 5.56 Å². The second-order valence-corrected chi connectivity index (χ2v) is 9.60. The molecule has 1 fully saturated rings. The third kappa shape index (κ3) is 2.68. The van der Waals surface area contributed by atoms with Gasteiger partial charge in [-0.15, -0.1) is 0 Å². The Bertz CT molecular complexity index is 1000. The lowest BCUT2D eigenvalue weighted by Gasteiger charge is -2.46. The van der Waals surface area contributed by atoms with Crippen LogP contribution >= 0.6 is 11.6 Å². The fourth-order valence-electron chi connectivity index (χ4n) is 3.81. The number of sulfone groups is 1. The molecule has 0 aliphatic carbocycles. The van der Waals surface area contributed by atoms with E-state index in [0.29, 0.717) is 22.8 Å². The highest BCUT2D eigenvalue weighted by Crippen LogP contribution is 2.47. The van der Waals surface area contributed by atoms with E-state index in [1.54, 1.807) is 49.4 Å². The molecule has 4 rings (SSSR count). The summed E-state index contributed by atoms with van der Waals surface area (Å²) >= 11 is 6.12. The summed E-state index contributed by atoms with van der Waals surface area (Å²) in [6.07, 6.45) is 0.363. The van der Waals surface area contributed by atoms with Gasteiger partial charge in [0, 0.05) is 22.9 Å². The highest BCUT2D eigenvalue weighted by molar-refractivity contribution is 7.92. The standard InChI is InChI=1S/C19H18ClNO4S/c1-11-3-6-13(7-4-11)26(23,24)17-15-10-19(2,21-18(17)22)25-16-8-5-12(20)9-14(15)16/h3-9,15,17H,10H2,1-2H3,(H,21,22)/t15-,17+,19+/m1/s1. The largest absolute Gasteiger partial charge is 0.468 e. The van der Waals surface area contributed by atoms with E-state index in [9.17, 15) is 13.2 Å². The van der Waals surface area contributed by atoms with Gasteiger partial charge in [-0.3, -0.25) is 4.79 Å². The van der Waals surface area contributed by atoms with E-state index in [-0.39, 0.29) is 4.90 Å². The summed E-state index contributed by atoms with van der Waals surface area (Å²) < 4.78 is 32.5. The fourth-order valence-corrected chi connectivity index (χ4v) is 5.81. The molecule has 2 heterocycles. The number of benzene rings is 2. The van der Waals surface area contributed by atoms with Crippen LogP contribution in [-0.4, -0.2) is 25.3 Å². The predicted octanol–water partition coefficient (Wildman–Crippen LogP) is 3.20. The van der Waals surface area contributed by atoms with Crippen LogP contribution in [0.5, 0.6) is 5.75 Å². The van der Waals surface area contributed by atoms with Crippen LogP contribution in [0.2, 0.25) is 5.02 Å². The molecule has 26 heavy (non-hydrogen) atoms. The van der Waals surface area contributed by atoms with Crippen molar-refractivity contribution in [3.05, 3.63) is 58.6 Å². The second kappa shape index (κ2) is 5.72. The van der Waals surface area contributed by atoms with Crippen LogP contribution in [0, 0.1) is 6.92 Å². The molecule has 0 saturated carbocycles. The summed E-state index contributed by atoms with van der Waals surface area (Å²) in [5.74, 6) is -0.519. The summed E-state index contributed by atoms with van der Waals surface area (Å²) in [4.78, 5) is 12.9. The number of amides is 1. The van der Waals surface area contributed by atoms with Crippen molar-refractivity contribution in [2.45, 2.75) is 42.1 Å². The van der Waals surface area contributed by atoms with Crippen LogP contribution in [0.1, 0.15) is 30.4 Å². The zero-order chi connectivity index (χ0) is 18.7. The maximum Gasteiger partial charge on any atom is 0.242 e. The first-order chi connectivity index (χ1) is 12.2. The number of carbonyl (C=O) groups is 1. The van der Waals surface area contributed by atoms with E-state index in [4.69, 9.17) is 16.3 Å². The molecule has 1 N–H and O–H groups in total. The number of halogens is 1.